The number of hydrogen-bond acceptors (Lipinski definition) is 0. The summed E-state index contributed by atoms with van der Waals surface area (Å²) in [4.78, 5) is 0. The summed E-state index contributed by atoms with van der Waals surface area (Å²) in [7, 11) is 0. The van der Waals surface area contributed by atoms with Gasteiger partial charge in [0.25, 0.3) is 0 Å². The van der Waals surface area contributed by atoms with Crippen LogP contribution >= 0.6 is 0 Å². The Labute approximate surface area is 122 Å². The summed E-state index contributed by atoms with van der Waals surface area (Å²) in [6, 6.07) is 0. The van der Waals surface area contributed by atoms with Crippen LogP contribution in [0.2, 0.25) is 0 Å². The zero-order valence-corrected chi connectivity index (χ0v) is 13.9. The van der Waals surface area contributed by atoms with E-state index in [4.69, 9.17) is 0 Å². The highest BCUT2D eigenvalue weighted by Crippen LogP contribution is 2.18. The first-order valence-corrected chi connectivity index (χ1v) is 8.44. The molecule has 0 saturated carbocycles. The van der Waals surface area contributed by atoms with Crippen molar-refractivity contribution in [3.8, 4) is 0 Å². The van der Waals surface area contributed by atoms with E-state index in [-0.39, 0.29) is 0 Å². The van der Waals surface area contributed by atoms with Crippen LogP contribution in [0.1, 0.15) is 85.5 Å². The van der Waals surface area contributed by atoms with Crippen molar-refractivity contribution in [2.24, 2.45) is 11.8 Å². The molecule has 0 nitrogen and oxygen atoms in total. The fourth-order valence-electron chi connectivity index (χ4n) is 2.78. The van der Waals surface area contributed by atoms with E-state index in [9.17, 15) is 0 Å². The van der Waals surface area contributed by atoms with E-state index in [0.29, 0.717) is 5.92 Å². The van der Waals surface area contributed by atoms with Gasteiger partial charge in [-0.2, -0.15) is 0 Å². The third-order valence-electron chi connectivity index (χ3n) is 4.21. The molecule has 0 N–H and O–H groups in total. The highest BCUT2D eigenvalue weighted by molar-refractivity contribution is 5.08. The molecule has 19 heavy (non-hydrogen) atoms. The molecule has 2 atom stereocenters. The van der Waals surface area contributed by atoms with Gasteiger partial charge in [-0.25, -0.2) is 0 Å². The van der Waals surface area contributed by atoms with Crippen LogP contribution in [0, 0.1) is 11.8 Å². The van der Waals surface area contributed by atoms with Gasteiger partial charge in [0, 0.05) is 0 Å². The Bertz CT molecular complexity index is 236. The third kappa shape index (κ3) is 9.99. The Hall–Kier alpha value is -0.520. The molecule has 0 spiro atoms. The fourth-order valence-corrected chi connectivity index (χ4v) is 2.78. The number of unbranched alkanes of at least 4 members (excludes halogenated alkanes) is 4. The van der Waals surface area contributed by atoms with Crippen molar-refractivity contribution in [2.45, 2.75) is 85.5 Å². The third-order valence-corrected chi connectivity index (χ3v) is 4.21. The molecule has 0 aromatic carbocycles. The maximum absolute atomic E-state index is 3.91. The van der Waals surface area contributed by atoms with Crippen LogP contribution in [-0.2, 0) is 0 Å². The topological polar surface area (TPSA) is 0 Å². The van der Waals surface area contributed by atoms with Gasteiger partial charge >= 0.3 is 0 Å². The molecular formula is C19H36. The molecule has 0 aromatic heterocycles. The Morgan fingerprint density at radius 2 is 1.74 bits per heavy atom. The zero-order valence-electron chi connectivity index (χ0n) is 13.9. The van der Waals surface area contributed by atoms with E-state index in [2.05, 4.69) is 46.4 Å². The molecule has 0 bridgehead atoms. The second-order valence-electron chi connectivity index (χ2n) is 6.08. The van der Waals surface area contributed by atoms with Gasteiger partial charge in [-0.05, 0) is 38.0 Å². The summed E-state index contributed by atoms with van der Waals surface area (Å²) in [5.74, 6) is 1.53. The van der Waals surface area contributed by atoms with Crippen LogP contribution in [0.3, 0.4) is 0 Å². The highest BCUT2D eigenvalue weighted by Gasteiger charge is 2.02. The van der Waals surface area contributed by atoms with Crippen molar-refractivity contribution in [3.63, 3.8) is 0 Å². The van der Waals surface area contributed by atoms with Crippen molar-refractivity contribution in [1.82, 2.24) is 0 Å². The lowest BCUT2D eigenvalue weighted by Gasteiger charge is -2.10. The Kier molecular flexibility index (Phi) is 12.2. The normalized spacial score (nSPS) is 15.3. The second-order valence-corrected chi connectivity index (χ2v) is 6.08. The monoisotopic (exact) mass is 264 g/mol. The average molecular weight is 264 g/mol. The van der Waals surface area contributed by atoms with Gasteiger partial charge in [0.15, 0.2) is 0 Å². The Morgan fingerprint density at radius 1 is 1.05 bits per heavy atom. The molecule has 0 saturated heterocycles. The summed E-state index contributed by atoms with van der Waals surface area (Å²) in [6.45, 7) is 13.1. The summed E-state index contributed by atoms with van der Waals surface area (Å²) in [5, 5.41) is 0. The van der Waals surface area contributed by atoms with Crippen LogP contribution < -0.4 is 0 Å². The van der Waals surface area contributed by atoms with E-state index in [1.807, 2.05) is 0 Å². The molecule has 0 aliphatic heterocycles. The molecule has 0 heterocycles. The van der Waals surface area contributed by atoms with Gasteiger partial charge in [0.2, 0.25) is 0 Å². The van der Waals surface area contributed by atoms with Crippen LogP contribution in [0.15, 0.2) is 24.3 Å². The molecular weight excluding hydrogens is 228 g/mol. The number of hydrogen-bond donors (Lipinski definition) is 0. The predicted octanol–water partition coefficient (Wildman–Crippen LogP) is 6.92. The van der Waals surface area contributed by atoms with E-state index in [1.165, 1.54) is 63.4 Å². The van der Waals surface area contributed by atoms with Gasteiger partial charge in [0.1, 0.15) is 0 Å². The maximum Gasteiger partial charge on any atom is -0.00314 e. The Morgan fingerprint density at radius 3 is 2.32 bits per heavy atom. The minimum Gasteiger partial charge on any atom is -0.102 e. The van der Waals surface area contributed by atoms with Crippen molar-refractivity contribution < 1.29 is 0 Å². The fraction of sp³-hybridized carbons (Fsp3) is 0.789. The number of allylic oxidation sites excluding steroid dienone is 3. The first-order chi connectivity index (χ1) is 9.15. The van der Waals surface area contributed by atoms with Gasteiger partial charge in [-0.15, -0.1) is 6.58 Å². The Balaban J connectivity index is 3.54. The SMILES string of the molecule is C=CC(CC)C(C)=CCCCCCCC(C)CCC. The standard InChI is InChI=1S/C19H36/c1-6-14-17(4)15-12-10-9-11-13-16-18(5)19(7-2)8-3/h7,16-17,19H,2,6,8-15H2,1,3-5H3. The molecule has 0 amide bonds. The molecule has 0 radical (unpaired) electrons. The summed E-state index contributed by atoms with van der Waals surface area (Å²) in [6.07, 6.45) is 16.7. The second kappa shape index (κ2) is 12.5. The predicted molar refractivity (Wildman–Crippen MR) is 89.5 cm³/mol. The molecule has 2 unspecified atom stereocenters. The highest BCUT2D eigenvalue weighted by atomic mass is 14.1. The van der Waals surface area contributed by atoms with Crippen molar-refractivity contribution in [2.75, 3.05) is 0 Å². The summed E-state index contributed by atoms with van der Waals surface area (Å²) >= 11 is 0. The van der Waals surface area contributed by atoms with Crippen molar-refractivity contribution in [3.05, 3.63) is 24.3 Å². The van der Waals surface area contributed by atoms with E-state index < -0.39 is 0 Å². The van der Waals surface area contributed by atoms with Crippen LogP contribution in [0.25, 0.3) is 0 Å². The van der Waals surface area contributed by atoms with Crippen molar-refractivity contribution >= 4 is 0 Å². The van der Waals surface area contributed by atoms with Crippen LogP contribution in [-0.4, -0.2) is 0 Å². The largest absolute Gasteiger partial charge is 0.102 e. The van der Waals surface area contributed by atoms with Gasteiger partial charge < -0.3 is 0 Å². The quantitative estimate of drug-likeness (QED) is 0.265. The molecule has 0 heteroatoms. The first-order valence-electron chi connectivity index (χ1n) is 8.44. The zero-order chi connectivity index (χ0) is 14.5. The average Bonchev–Trinajstić information content (AvgIpc) is 2.39. The van der Waals surface area contributed by atoms with Crippen molar-refractivity contribution in [1.29, 1.82) is 0 Å². The maximum atomic E-state index is 3.91. The molecule has 0 aliphatic rings. The van der Waals surface area contributed by atoms with Gasteiger partial charge in [-0.1, -0.05) is 77.0 Å². The number of rotatable bonds is 12. The first kappa shape index (κ1) is 18.5. The molecule has 0 aromatic rings. The van der Waals surface area contributed by atoms with E-state index >= 15 is 0 Å². The minimum absolute atomic E-state index is 0.592. The lowest BCUT2D eigenvalue weighted by molar-refractivity contribution is 0.454. The van der Waals surface area contributed by atoms with Crippen LogP contribution in [0.5, 0.6) is 0 Å². The lowest BCUT2D eigenvalue weighted by Crippen LogP contribution is -1.95. The lowest BCUT2D eigenvalue weighted by atomic mass is 9.96. The van der Waals surface area contributed by atoms with Gasteiger partial charge in [-0.3, -0.25) is 0 Å². The molecule has 112 valence electrons. The van der Waals surface area contributed by atoms with Gasteiger partial charge in [0.05, 0.1) is 0 Å². The smallest absolute Gasteiger partial charge is 0.00314 e. The molecule has 0 aliphatic carbocycles. The van der Waals surface area contributed by atoms with E-state index in [1.54, 1.807) is 0 Å². The summed E-state index contributed by atoms with van der Waals surface area (Å²) in [5.41, 5.74) is 1.51. The van der Waals surface area contributed by atoms with E-state index in [0.717, 1.165) is 5.92 Å². The molecule has 0 fully saturated rings. The summed E-state index contributed by atoms with van der Waals surface area (Å²) < 4.78 is 0. The molecule has 0 rings (SSSR count). The van der Waals surface area contributed by atoms with Crippen LogP contribution in [0.4, 0.5) is 0 Å². The minimum atomic E-state index is 0.592.